The third kappa shape index (κ3) is 4.30. The molecule has 0 heterocycles. The number of benzene rings is 1. The summed E-state index contributed by atoms with van der Waals surface area (Å²) in [4.78, 5) is 0. The minimum Gasteiger partial charge on any atom is -0.378 e. The zero-order valence-corrected chi connectivity index (χ0v) is 13.1. The van der Waals surface area contributed by atoms with Gasteiger partial charge in [-0.05, 0) is 38.3 Å². The van der Waals surface area contributed by atoms with E-state index in [0.29, 0.717) is 5.92 Å². The van der Waals surface area contributed by atoms with Crippen LogP contribution in [-0.2, 0) is 14.8 Å². The molecule has 0 aliphatic heterocycles. The molecule has 20 heavy (non-hydrogen) atoms. The highest BCUT2D eigenvalue weighted by atomic mass is 32.2. The van der Waals surface area contributed by atoms with E-state index in [9.17, 15) is 8.42 Å². The fourth-order valence-corrected chi connectivity index (χ4v) is 3.51. The average Bonchev–Trinajstić information content (AvgIpc) is 3.07. The van der Waals surface area contributed by atoms with Crippen molar-refractivity contribution < 1.29 is 13.2 Å². The van der Waals surface area contributed by atoms with Gasteiger partial charge in [0.05, 0.1) is 18.5 Å². The molecule has 0 radical (unpaired) electrons. The molecule has 4 nitrogen and oxygen atoms in total. The molecule has 2 unspecified atom stereocenters. The molecule has 1 N–H and O–H groups in total. The minimum atomic E-state index is -3.24. The van der Waals surface area contributed by atoms with Crippen LogP contribution in [0.5, 0.6) is 0 Å². The third-order valence-electron chi connectivity index (χ3n) is 3.51. The Hall–Kier alpha value is -0.910. The minimum absolute atomic E-state index is 0.0299. The molecule has 1 aliphatic carbocycles. The maximum atomic E-state index is 11.9. The summed E-state index contributed by atoms with van der Waals surface area (Å²) in [6.07, 6.45) is 0.945. The van der Waals surface area contributed by atoms with Gasteiger partial charge in [-0.3, -0.25) is 0 Å². The smallest absolute Gasteiger partial charge is 0.214 e. The zero-order chi connectivity index (χ0) is 14.8. The van der Waals surface area contributed by atoms with Gasteiger partial charge in [0.25, 0.3) is 0 Å². The Morgan fingerprint density at radius 3 is 2.70 bits per heavy atom. The van der Waals surface area contributed by atoms with Crippen molar-refractivity contribution in [2.75, 3.05) is 12.4 Å². The lowest BCUT2D eigenvalue weighted by molar-refractivity contribution is 0.0911. The third-order valence-corrected chi connectivity index (χ3v) is 4.88. The van der Waals surface area contributed by atoms with Crippen LogP contribution in [0, 0.1) is 6.92 Å². The van der Waals surface area contributed by atoms with E-state index in [1.54, 1.807) is 0 Å². The molecule has 5 heteroatoms. The number of sulfonamides is 1. The first-order chi connectivity index (χ1) is 9.39. The van der Waals surface area contributed by atoms with E-state index in [0.717, 1.165) is 6.42 Å². The van der Waals surface area contributed by atoms with Crippen LogP contribution in [0.15, 0.2) is 24.3 Å². The van der Waals surface area contributed by atoms with E-state index in [1.165, 1.54) is 11.1 Å². The SMILES string of the molecule is Cc1ccccc1C1CC1NS(=O)(=O)CCOC(C)C. The molecule has 1 aromatic rings. The lowest BCUT2D eigenvalue weighted by atomic mass is 10.0. The zero-order valence-electron chi connectivity index (χ0n) is 12.3. The van der Waals surface area contributed by atoms with Gasteiger partial charge in [0, 0.05) is 12.0 Å². The first-order valence-electron chi connectivity index (χ1n) is 7.06. The number of nitrogens with one attached hydrogen (secondary N) is 1. The molecule has 112 valence electrons. The van der Waals surface area contributed by atoms with Crippen LogP contribution < -0.4 is 4.72 Å². The number of ether oxygens (including phenoxy) is 1. The van der Waals surface area contributed by atoms with Crippen LogP contribution in [0.25, 0.3) is 0 Å². The van der Waals surface area contributed by atoms with Gasteiger partial charge in [0.1, 0.15) is 0 Å². The average molecular weight is 297 g/mol. The van der Waals surface area contributed by atoms with Crippen molar-refractivity contribution in [3.63, 3.8) is 0 Å². The molecule has 2 atom stereocenters. The van der Waals surface area contributed by atoms with E-state index < -0.39 is 10.0 Å². The Balaban J connectivity index is 1.85. The molecule has 0 bridgehead atoms. The van der Waals surface area contributed by atoms with Crippen molar-refractivity contribution >= 4 is 10.0 Å². The monoisotopic (exact) mass is 297 g/mol. The maximum Gasteiger partial charge on any atom is 0.214 e. The summed E-state index contributed by atoms with van der Waals surface area (Å²) in [5, 5.41) is 0. The van der Waals surface area contributed by atoms with Crippen molar-refractivity contribution in [2.45, 2.75) is 45.3 Å². The van der Waals surface area contributed by atoms with Crippen molar-refractivity contribution in [1.29, 1.82) is 0 Å². The Morgan fingerprint density at radius 2 is 2.05 bits per heavy atom. The summed E-state index contributed by atoms with van der Waals surface area (Å²) in [6, 6.07) is 8.19. The summed E-state index contributed by atoms with van der Waals surface area (Å²) in [6.45, 7) is 6.11. The maximum absolute atomic E-state index is 11.9. The second-order valence-electron chi connectivity index (χ2n) is 5.66. The van der Waals surface area contributed by atoms with Gasteiger partial charge in [-0.25, -0.2) is 13.1 Å². The molecule has 0 spiro atoms. The van der Waals surface area contributed by atoms with Crippen LogP contribution in [0.2, 0.25) is 0 Å². The van der Waals surface area contributed by atoms with E-state index in [-0.39, 0.29) is 24.5 Å². The van der Waals surface area contributed by atoms with E-state index >= 15 is 0 Å². The van der Waals surface area contributed by atoms with Gasteiger partial charge in [-0.1, -0.05) is 24.3 Å². The van der Waals surface area contributed by atoms with Gasteiger partial charge >= 0.3 is 0 Å². The Morgan fingerprint density at radius 1 is 1.35 bits per heavy atom. The Bertz CT molecular complexity index is 554. The Labute approximate surface area is 121 Å². The highest BCUT2D eigenvalue weighted by molar-refractivity contribution is 7.89. The van der Waals surface area contributed by atoms with Crippen LogP contribution >= 0.6 is 0 Å². The summed E-state index contributed by atoms with van der Waals surface area (Å²) in [5.41, 5.74) is 2.47. The van der Waals surface area contributed by atoms with E-state index in [4.69, 9.17) is 4.74 Å². The highest BCUT2D eigenvalue weighted by Gasteiger charge is 2.41. The molecule has 1 fully saturated rings. The van der Waals surface area contributed by atoms with Gasteiger partial charge in [0.15, 0.2) is 0 Å². The highest BCUT2D eigenvalue weighted by Crippen LogP contribution is 2.42. The van der Waals surface area contributed by atoms with E-state index in [1.807, 2.05) is 26.0 Å². The van der Waals surface area contributed by atoms with Gasteiger partial charge in [-0.2, -0.15) is 0 Å². The van der Waals surface area contributed by atoms with Crippen LogP contribution in [0.4, 0.5) is 0 Å². The summed E-state index contributed by atoms with van der Waals surface area (Å²) in [5.74, 6) is 0.347. The molecule has 0 amide bonds. The number of aryl methyl sites for hydroxylation is 1. The fraction of sp³-hybridized carbons (Fsp3) is 0.600. The molecule has 1 aliphatic rings. The first-order valence-corrected chi connectivity index (χ1v) is 8.71. The standard InChI is InChI=1S/C15H23NO3S/c1-11(2)19-8-9-20(17,18)16-15-10-14(15)13-7-5-4-6-12(13)3/h4-7,11,14-16H,8-10H2,1-3H3. The largest absolute Gasteiger partial charge is 0.378 e. The van der Waals surface area contributed by atoms with Crippen LogP contribution in [0.3, 0.4) is 0 Å². The molecule has 0 aromatic heterocycles. The number of hydrogen-bond acceptors (Lipinski definition) is 3. The predicted octanol–water partition coefficient (Wildman–Crippen LogP) is 2.20. The lowest BCUT2D eigenvalue weighted by Crippen LogP contribution is -2.31. The second kappa shape index (κ2) is 6.24. The molecule has 1 aromatic carbocycles. The number of rotatable bonds is 7. The summed E-state index contributed by atoms with van der Waals surface area (Å²) in [7, 11) is -3.24. The van der Waals surface area contributed by atoms with Crippen molar-refractivity contribution in [1.82, 2.24) is 4.72 Å². The lowest BCUT2D eigenvalue weighted by Gasteiger charge is -2.10. The van der Waals surface area contributed by atoms with Gasteiger partial charge < -0.3 is 4.74 Å². The van der Waals surface area contributed by atoms with Crippen LogP contribution in [0.1, 0.15) is 37.3 Å². The summed E-state index contributed by atoms with van der Waals surface area (Å²) >= 11 is 0. The summed E-state index contributed by atoms with van der Waals surface area (Å²) < 4.78 is 31.9. The van der Waals surface area contributed by atoms with Crippen LogP contribution in [-0.4, -0.2) is 32.9 Å². The van der Waals surface area contributed by atoms with Gasteiger partial charge in [-0.15, -0.1) is 0 Å². The second-order valence-corrected chi connectivity index (χ2v) is 7.53. The van der Waals surface area contributed by atoms with E-state index in [2.05, 4.69) is 23.8 Å². The first kappa shape index (κ1) is 15.5. The Kier molecular flexibility index (Phi) is 4.83. The number of hydrogen-bond donors (Lipinski definition) is 1. The van der Waals surface area contributed by atoms with Gasteiger partial charge in [0.2, 0.25) is 10.0 Å². The molecular weight excluding hydrogens is 274 g/mol. The molecule has 2 rings (SSSR count). The molecule has 0 saturated heterocycles. The normalized spacial score (nSPS) is 22.2. The topological polar surface area (TPSA) is 55.4 Å². The fourth-order valence-electron chi connectivity index (χ4n) is 2.35. The molecular formula is C15H23NO3S. The van der Waals surface area contributed by atoms with Crippen molar-refractivity contribution in [2.24, 2.45) is 0 Å². The van der Waals surface area contributed by atoms with Crippen molar-refractivity contribution in [3.8, 4) is 0 Å². The molecule has 1 saturated carbocycles. The quantitative estimate of drug-likeness (QED) is 0.839. The predicted molar refractivity (Wildman–Crippen MR) is 80.3 cm³/mol. The van der Waals surface area contributed by atoms with Crippen molar-refractivity contribution in [3.05, 3.63) is 35.4 Å².